The zero-order chi connectivity index (χ0) is 12.2. The van der Waals surface area contributed by atoms with Crippen molar-refractivity contribution in [3.05, 3.63) is 12.1 Å². The van der Waals surface area contributed by atoms with Crippen molar-refractivity contribution in [3.63, 3.8) is 0 Å². The summed E-state index contributed by atoms with van der Waals surface area (Å²) in [6.07, 6.45) is 1.41. The topological polar surface area (TPSA) is 89.9 Å². The second-order valence-electron chi connectivity index (χ2n) is 4.28. The molecule has 3 N–H and O–H groups in total. The molecule has 0 amide bonds. The predicted octanol–water partition coefficient (Wildman–Crippen LogP) is 0.316. The van der Waals surface area contributed by atoms with Gasteiger partial charge in [-0.2, -0.15) is 4.72 Å². The Balaban J connectivity index is 2.26. The monoisotopic (exact) mass is 256 g/mol. The van der Waals surface area contributed by atoms with Crippen LogP contribution in [0.5, 0.6) is 11.5 Å². The van der Waals surface area contributed by atoms with E-state index in [0.717, 1.165) is 25.5 Å². The normalized spacial score (nSPS) is 25.4. The van der Waals surface area contributed by atoms with Crippen molar-refractivity contribution in [2.24, 2.45) is 0 Å². The van der Waals surface area contributed by atoms with Gasteiger partial charge in [0, 0.05) is 18.7 Å². The predicted molar refractivity (Wildman–Crippen MR) is 60.5 cm³/mol. The third-order valence-corrected chi connectivity index (χ3v) is 4.69. The van der Waals surface area contributed by atoms with Gasteiger partial charge >= 0.3 is 0 Å². The van der Waals surface area contributed by atoms with Crippen LogP contribution in [-0.2, 0) is 10.0 Å². The molecule has 1 aromatic carbocycles. The molecule has 1 fully saturated rings. The highest BCUT2D eigenvalue weighted by Crippen LogP contribution is 2.41. The molecule has 2 aliphatic heterocycles. The number of fused-ring (bicyclic) bond motifs is 3. The van der Waals surface area contributed by atoms with E-state index in [1.807, 2.05) is 4.90 Å². The standard InChI is InChI=1S/C10H12N2O4S/c13-7-4-6-9(5-8(7)14)17(15,16)11-10-2-1-3-12(6)10/h4-5,10-11,13-14H,1-3H2. The van der Waals surface area contributed by atoms with Gasteiger partial charge in [-0.3, -0.25) is 0 Å². The Morgan fingerprint density at radius 2 is 2.00 bits per heavy atom. The van der Waals surface area contributed by atoms with Crippen molar-refractivity contribution in [2.75, 3.05) is 11.4 Å². The summed E-state index contributed by atoms with van der Waals surface area (Å²) in [6, 6.07) is 2.39. The molecule has 1 atom stereocenters. The van der Waals surface area contributed by atoms with Crippen molar-refractivity contribution in [1.29, 1.82) is 0 Å². The van der Waals surface area contributed by atoms with Gasteiger partial charge in [0.25, 0.3) is 0 Å². The average Bonchev–Trinajstić information content (AvgIpc) is 2.68. The molecule has 0 bridgehead atoms. The quantitative estimate of drug-likeness (QED) is 0.581. The number of hydrogen-bond acceptors (Lipinski definition) is 5. The van der Waals surface area contributed by atoms with E-state index in [0.29, 0.717) is 5.69 Å². The lowest BCUT2D eigenvalue weighted by molar-refractivity contribution is 0.401. The fourth-order valence-electron chi connectivity index (χ4n) is 2.41. The number of rotatable bonds is 0. The number of aromatic hydroxyl groups is 2. The molecule has 2 heterocycles. The SMILES string of the molecule is O=S1(=O)NC2CCCN2c2cc(O)c(O)cc21. The zero-order valence-corrected chi connectivity index (χ0v) is 9.74. The molecule has 1 saturated heterocycles. The summed E-state index contributed by atoms with van der Waals surface area (Å²) in [4.78, 5) is 1.92. The van der Waals surface area contributed by atoms with Crippen LogP contribution >= 0.6 is 0 Å². The smallest absolute Gasteiger partial charge is 0.244 e. The van der Waals surface area contributed by atoms with Crippen molar-refractivity contribution in [2.45, 2.75) is 23.9 Å². The number of nitrogens with zero attached hydrogens (tertiary/aromatic N) is 1. The first-order valence-corrected chi connectivity index (χ1v) is 6.82. The molecule has 1 aromatic rings. The van der Waals surface area contributed by atoms with E-state index >= 15 is 0 Å². The fraction of sp³-hybridized carbons (Fsp3) is 0.400. The lowest BCUT2D eigenvalue weighted by atomic mass is 10.2. The van der Waals surface area contributed by atoms with Crippen LogP contribution < -0.4 is 9.62 Å². The number of benzene rings is 1. The van der Waals surface area contributed by atoms with Crippen LogP contribution in [0.25, 0.3) is 0 Å². The fourth-order valence-corrected chi connectivity index (χ4v) is 3.85. The maximum Gasteiger partial charge on any atom is 0.244 e. The van der Waals surface area contributed by atoms with Gasteiger partial charge in [-0.05, 0) is 12.8 Å². The van der Waals surface area contributed by atoms with Crippen molar-refractivity contribution >= 4 is 15.7 Å². The number of nitrogens with one attached hydrogen (secondary N) is 1. The molecule has 0 spiro atoms. The van der Waals surface area contributed by atoms with Crippen molar-refractivity contribution in [3.8, 4) is 11.5 Å². The third kappa shape index (κ3) is 1.46. The molecule has 1 unspecified atom stereocenters. The number of sulfonamides is 1. The van der Waals surface area contributed by atoms with Crippen LogP contribution in [0.1, 0.15) is 12.8 Å². The Morgan fingerprint density at radius 3 is 2.76 bits per heavy atom. The van der Waals surface area contributed by atoms with E-state index < -0.39 is 15.8 Å². The van der Waals surface area contributed by atoms with Gasteiger partial charge in [0.05, 0.1) is 11.9 Å². The molecule has 17 heavy (non-hydrogen) atoms. The summed E-state index contributed by atoms with van der Waals surface area (Å²) in [5, 5.41) is 18.9. The highest BCUT2D eigenvalue weighted by molar-refractivity contribution is 7.89. The van der Waals surface area contributed by atoms with Crippen LogP contribution in [0, 0.1) is 0 Å². The second kappa shape index (κ2) is 3.27. The largest absolute Gasteiger partial charge is 0.504 e. The average molecular weight is 256 g/mol. The molecule has 6 nitrogen and oxygen atoms in total. The van der Waals surface area contributed by atoms with Gasteiger partial charge in [0.2, 0.25) is 10.0 Å². The molecule has 0 saturated carbocycles. The molecular weight excluding hydrogens is 244 g/mol. The zero-order valence-electron chi connectivity index (χ0n) is 8.92. The minimum absolute atomic E-state index is 0.0194. The Bertz CT molecular complexity index is 584. The number of anilines is 1. The Kier molecular flexibility index (Phi) is 2.05. The van der Waals surface area contributed by atoms with Gasteiger partial charge in [-0.25, -0.2) is 8.42 Å². The first-order valence-electron chi connectivity index (χ1n) is 5.34. The molecule has 0 aromatic heterocycles. The molecular formula is C10H12N2O4S. The number of phenolic OH excluding ortho intramolecular Hbond substituents is 2. The molecule has 0 radical (unpaired) electrons. The van der Waals surface area contributed by atoms with Crippen LogP contribution in [0.15, 0.2) is 17.0 Å². The van der Waals surface area contributed by atoms with E-state index in [9.17, 15) is 18.6 Å². The summed E-state index contributed by atoms with van der Waals surface area (Å²) < 4.78 is 26.5. The molecule has 92 valence electrons. The van der Waals surface area contributed by atoms with Crippen molar-refractivity contribution < 1.29 is 18.6 Å². The van der Waals surface area contributed by atoms with E-state index in [-0.39, 0.29) is 16.8 Å². The Morgan fingerprint density at radius 1 is 1.29 bits per heavy atom. The van der Waals surface area contributed by atoms with Gasteiger partial charge in [0.1, 0.15) is 4.90 Å². The lowest BCUT2D eigenvalue weighted by Crippen LogP contribution is -2.48. The first-order chi connectivity index (χ1) is 7.99. The lowest BCUT2D eigenvalue weighted by Gasteiger charge is -2.33. The number of phenols is 2. The third-order valence-electron chi connectivity index (χ3n) is 3.20. The van der Waals surface area contributed by atoms with E-state index in [2.05, 4.69) is 4.72 Å². The van der Waals surface area contributed by atoms with Crippen LogP contribution in [0.4, 0.5) is 5.69 Å². The highest BCUT2D eigenvalue weighted by Gasteiger charge is 2.38. The first kappa shape index (κ1) is 10.7. The van der Waals surface area contributed by atoms with Crippen molar-refractivity contribution in [1.82, 2.24) is 4.72 Å². The highest BCUT2D eigenvalue weighted by atomic mass is 32.2. The minimum Gasteiger partial charge on any atom is -0.504 e. The van der Waals surface area contributed by atoms with Gasteiger partial charge in [-0.1, -0.05) is 0 Å². The van der Waals surface area contributed by atoms with Crippen LogP contribution in [0.3, 0.4) is 0 Å². The maximum atomic E-state index is 11.9. The summed E-state index contributed by atoms with van der Waals surface area (Å²) in [6.45, 7) is 0.740. The van der Waals surface area contributed by atoms with Gasteiger partial charge in [-0.15, -0.1) is 0 Å². The number of hydrogen-bond donors (Lipinski definition) is 3. The second-order valence-corrected chi connectivity index (χ2v) is 5.96. The Hall–Kier alpha value is -1.47. The summed E-state index contributed by atoms with van der Waals surface area (Å²) in [5.74, 6) is -0.724. The molecule has 2 aliphatic rings. The molecule has 7 heteroatoms. The van der Waals surface area contributed by atoms with Gasteiger partial charge < -0.3 is 15.1 Å². The maximum absolute atomic E-state index is 11.9. The van der Waals surface area contributed by atoms with Gasteiger partial charge in [0.15, 0.2) is 11.5 Å². The summed E-state index contributed by atoms with van der Waals surface area (Å²) in [5.41, 5.74) is 0.460. The van der Waals surface area contributed by atoms with Crippen LogP contribution in [0.2, 0.25) is 0 Å². The molecule has 0 aliphatic carbocycles. The van der Waals surface area contributed by atoms with E-state index in [1.165, 1.54) is 6.07 Å². The van der Waals surface area contributed by atoms with E-state index in [1.54, 1.807) is 0 Å². The molecule has 3 rings (SSSR count). The summed E-state index contributed by atoms with van der Waals surface area (Å²) >= 11 is 0. The minimum atomic E-state index is -3.60. The Labute approximate surface area is 98.5 Å². The summed E-state index contributed by atoms with van der Waals surface area (Å²) in [7, 11) is -3.60. The van der Waals surface area contributed by atoms with Crippen LogP contribution in [-0.4, -0.2) is 31.3 Å². The van der Waals surface area contributed by atoms with E-state index in [4.69, 9.17) is 0 Å².